The molecule has 0 fully saturated rings. The second-order valence-electron chi connectivity index (χ2n) is 20.9. The van der Waals surface area contributed by atoms with Crippen molar-refractivity contribution in [2.45, 2.75) is 157 Å². The summed E-state index contributed by atoms with van der Waals surface area (Å²) in [7, 11) is 0. The van der Waals surface area contributed by atoms with Gasteiger partial charge in [0.1, 0.15) is 0 Å². The minimum absolute atomic E-state index is 0. The first-order valence-corrected chi connectivity index (χ1v) is 21.1. The summed E-state index contributed by atoms with van der Waals surface area (Å²) >= 11 is 0. The Balaban J connectivity index is -0.0000000872. The number of halogens is 6. The quantitative estimate of drug-likeness (QED) is 0.156. The van der Waals surface area contributed by atoms with Gasteiger partial charge in [-0.05, 0) is 139 Å². The number of hydrogen-bond donors (Lipinski definition) is 0. The van der Waals surface area contributed by atoms with Crippen molar-refractivity contribution in [3.63, 3.8) is 0 Å². The van der Waals surface area contributed by atoms with E-state index in [2.05, 4.69) is 227 Å². The molecule has 384 valence electrons. The average molecular weight is 1180 g/mol. The topological polar surface area (TPSA) is 77.3 Å². The summed E-state index contributed by atoms with van der Waals surface area (Å²) in [6, 6.07) is 24.7. The molecular formula is C54H78Cl6Cr3N6. The zero-order chi connectivity index (χ0) is 45.7. The van der Waals surface area contributed by atoms with Gasteiger partial charge in [-0.1, -0.05) is 125 Å². The average Bonchev–Trinajstić information content (AvgIpc) is 3.19. The molecule has 15 heteroatoms. The number of pyridine rings is 6. The van der Waals surface area contributed by atoms with E-state index < -0.39 is 0 Å². The summed E-state index contributed by atoms with van der Waals surface area (Å²) in [6.07, 6.45) is 22.0. The van der Waals surface area contributed by atoms with Crippen LogP contribution in [0.2, 0.25) is 0 Å². The molecule has 0 saturated carbocycles. The van der Waals surface area contributed by atoms with Crippen LogP contribution in [-0.2, 0) is 84.6 Å². The third-order valence-corrected chi connectivity index (χ3v) is 9.28. The largest absolute Gasteiger partial charge is 2.00 e. The Hall–Kier alpha value is -1.76. The molecule has 0 unspecified atom stereocenters. The summed E-state index contributed by atoms with van der Waals surface area (Å²) in [5.74, 6) is 0. The van der Waals surface area contributed by atoms with Gasteiger partial charge in [0.15, 0.2) is 0 Å². The van der Waals surface area contributed by atoms with Gasteiger partial charge in [0.05, 0.1) is 0 Å². The maximum absolute atomic E-state index is 3.96. The minimum Gasteiger partial charge on any atom is -1.00 e. The van der Waals surface area contributed by atoms with Crippen molar-refractivity contribution in [1.82, 2.24) is 29.9 Å². The van der Waals surface area contributed by atoms with Gasteiger partial charge < -0.3 is 74.4 Å². The van der Waals surface area contributed by atoms with Crippen LogP contribution in [-0.4, -0.2) is 29.9 Å². The van der Waals surface area contributed by atoms with Crippen molar-refractivity contribution in [2.75, 3.05) is 0 Å². The number of nitrogens with zero attached hydrogens (tertiary/aromatic N) is 6. The van der Waals surface area contributed by atoms with Gasteiger partial charge in [0, 0.05) is 74.4 Å². The molecule has 0 aliphatic rings. The van der Waals surface area contributed by atoms with E-state index in [9.17, 15) is 0 Å². The monoisotopic (exact) mass is 1180 g/mol. The van der Waals surface area contributed by atoms with Gasteiger partial charge in [-0.2, -0.15) is 0 Å². The van der Waals surface area contributed by atoms with E-state index in [1.54, 1.807) is 0 Å². The zero-order valence-electron chi connectivity index (χ0n) is 44.0. The van der Waals surface area contributed by atoms with Crippen LogP contribution in [0.4, 0.5) is 0 Å². The Morgan fingerprint density at radius 1 is 0.188 bits per heavy atom. The molecule has 6 aromatic rings. The molecule has 0 aliphatic heterocycles. The van der Waals surface area contributed by atoms with E-state index in [1.165, 1.54) is 33.4 Å². The number of aromatic nitrogens is 6. The maximum atomic E-state index is 3.96. The molecule has 0 bridgehead atoms. The zero-order valence-corrected chi connectivity index (χ0v) is 52.4. The van der Waals surface area contributed by atoms with Crippen molar-refractivity contribution in [1.29, 1.82) is 0 Å². The van der Waals surface area contributed by atoms with Crippen molar-refractivity contribution in [3.8, 4) is 0 Å². The van der Waals surface area contributed by atoms with Crippen molar-refractivity contribution < 1.29 is 127 Å². The van der Waals surface area contributed by atoms with Gasteiger partial charge in [-0.15, -0.1) is 0 Å². The van der Waals surface area contributed by atoms with Crippen molar-refractivity contribution >= 4 is 0 Å². The van der Waals surface area contributed by atoms with Crippen LogP contribution in [0.1, 0.15) is 158 Å². The fraction of sp³-hybridized carbons (Fsp3) is 0.444. The molecule has 0 radical (unpaired) electrons. The van der Waals surface area contributed by atoms with Crippen molar-refractivity contribution in [2.24, 2.45) is 0 Å². The Bertz CT molecular complexity index is 1600. The van der Waals surface area contributed by atoms with Crippen LogP contribution in [0.5, 0.6) is 0 Å². The van der Waals surface area contributed by atoms with E-state index in [4.69, 9.17) is 0 Å². The fourth-order valence-electron chi connectivity index (χ4n) is 5.11. The summed E-state index contributed by atoms with van der Waals surface area (Å²) in [6.45, 7) is 39.5. The molecule has 6 nitrogen and oxygen atoms in total. The first-order valence-electron chi connectivity index (χ1n) is 21.1. The molecule has 69 heavy (non-hydrogen) atoms. The predicted molar refractivity (Wildman–Crippen MR) is 258 cm³/mol. The van der Waals surface area contributed by atoms with Gasteiger partial charge in [0.2, 0.25) is 0 Å². The standard InChI is InChI=1S/6C9H13N.6ClH.3Cr/c6*1-9(2,3)8-4-6-10-7-5-8;;;;;;;;;/h6*4-7H,1-3H3;6*1H;;;/q;;;;;;;;;;;;3*+2/p-6. The molecule has 6 rings (SSSR count). The number of rotatable bonds is 0. The molecule has 0 N–H and O–H groups in total. The van der Waals surface area contributed by atoms with E-state index in [1.807, 2.05) is 74.4 Å². The molecule has 0 spiro atoms. The van der Waals surface area contributed by atoms with E-state index in [-0.39, 0.29) is 159 Å². The van der Waals surface area contributed by atoms with Gasteiger partial charge in [-0.25, -0.2) is 0 Å². The van der Waals surface area contributed by atoms with Gasteiger partial charge in [-0.3, -0.25) is 29.9 Å². The molecule has 0 atom stereocenters. The summed E-state index contributed by atoms with van der Waals surface area (Å²) in [4.78, 5) is 23.8. The molecule has 0 aromatic carbocycles. The van der Waals surface area contributed by atoms with Crippen LogP contribution in [0.25, 0.3) is 0 Å². The fourth-order valence-corrected chi connectivity index (χ4v) is 5.11. The first kappa shape index (κ1) is 87.0. The second-order valence-corrected chi connectivity index (χ2v) is 20.9. The third-order valence-electron chi connectivity index (χ3n) is 9.28. The number of hydrogen-bond acceptors (Lipinski definition) is 6. The van der Waals surface area contributed by atoms with Gasteiger partial charge in [0.25, 0.3) is 0 Å². The van der Waals surface area contributed by atoms with E-state index in [0.29, 0.717) is 0 Å². The Morgan fingerprint density at radius 2 is 0.261 bits per heavy atom. The van der Waals surface area contributed by atoms with Crippen LogP contribution in [0.15, 0.2) is 147 Å². The van der Waals surface area contributed by atoms with Crippen LogP contribution < -0.4 is 74.4 Å². The minimum atomic E-state index is 0. The van der Waals surface area contributed by atoms with E-state index >= 15 is 0 Å². The third kappa shape index (κ3) is 40.4. The Labute approximate surface area is 489 Å². The van der Waals surface area contributed by atoms with E-state index in [0.717, 1.165) is 0 Å². The Morgan fingerprint density at radius 3 is 0.304 bits per heavy atom. The van der Waals surface area contributed by atoms with Crippen molar-refractivity contribution in [3.05, 3.63) is 181 Å². The normalized spacial score (nSPS) is 10.0. The summed E-state index contributed by atoms with van der Waals surface area (Å²) in [5, 5.41) is 0. The molecule has 0 aliphatic carbocycles. The smallest absolute Gasteiger partial charge is 1.00 e. The maximum Gasteiger partial charge on any atom is 2.00 e. The van der Waals surface area contributed by atoms with Crippen LogP contribution in [0.3, 0.4) is 0 Å². The van der Waals surface area contributed by atoms with Crippen LogP contribution >= 0.6 is 0 Å². The predicted octanol–water partition coefficient (Wildman–Crippen LogP) is -3.71. The van der Waals surface area contributed by atoms with Gasteiger partial charge >= 0.3 is 52.1 Å². The Kier molecular flexibility index (Phi) is 52.5. The first-order chi connectivity index (χ1) is 27.6. The molecule has 0 amide bonds. The molecule has 6 heterocycles. The molecule has 0 saturated heterocycles. The second kappa shape index (κ2) is 41.7. The molecular weight excluding hydrogens is 1100 g/mol. The summed E-state index contributed by atoms with van der Waals surface area (Å²) in [5.41, 5.74) is 9.53. The SMILES string of the molecule is CC(C)(C)c1ccncc1.CC(C)(C)c1ccncc1.CC(C)(C)c1ccncc1.CC(C)(C)c1ccncc1.CC(C)(C)c1ccncc1.CC(C)(C)c1ccncc1.[Cl-].[Cl-].[Cl-].[Cl-].[Cl-].[Cl-].[Cr+2].[Cr+2].[Cr+2]. The van der Waals surface area contributed by atoms with Crippen LogP contribution in [0, 0.1) is 0 Å². The molecule has 6 aromatic heterocycles. The summed E-state index contributed by atoms with van der Waals surface area (Å²) < 4.78 is 0.